The highest BCUT2D eigenvalue weighted by molar-refractivity contribution is 14.0. The van der Waals surface area contributed by atoms with E-state index < -0.39 is 0 Å². The molecule has 2 N–H and O–H groups in total. The number of nitrogens with zero attached hydrogens (tertiary/aromatic N) is 4. The first-order valence-electron chi connectivity index (χ1n) is 9.29. The van der Waals surface area contributed by atoms with Crippen molar-refractivity contribution in [2.45, 2.75) is 19.3 Å². The summed E-state index contributed by atoms with van der Waals surface area (Å²) in [6.07, 6.45) is 3.51. The van der Waals surface area contributed by atoms with Gasteiger partial charge in [0.15, 0.2) is 11.1 Å². The van der Waals surface area contributed by atoms with Gasteiger partial charge in [0.1, 0.15) is 0 Å². The van der Waals surface area contributed by atoms with Crippen LogP contribution in [0.15, 0.2) is 10.4 Å². The number of guanidine groups is 1. The number of thiazole rings is 1. The van der Waals surface area contributed by atoms with E-state index in [9.17, 15) is 0 Å². The van der Waals surface area contributed by atoms with Crippen LogP contribution in [0.4, 0.5) is 5.13 Å². The first-order valence-corrected chi connectivity index (χ1v) is 10.2. The summed E-state index contributed by atoms with van der Waals surface area (Å²) < 4.78 is 5.37. The standard InChI is InChI=1S/C17H30N6OS.HI/c1-18-16(20-6-9-22-10-12-24-13-11-22)19-5-4-15-14-25-17(21-15)23-7-2-3-8-23;/h14H,2-13H2,1H3,(H2,18,19,20);1H. The van der Waals surface area contributed by atoms with Gasteiger partial charge in [0.05, 0.1) is 18.9 Å². The molecular formula is C17H31IN6OS. The minimum absolute atomic E-state index is 0. The second-order valence-corrected chi connectivity index (χ2v) is 7.28. The van der Waals surface area contributed by atoms with Gasteiger partial charge >= 0.3 is 0 Å². The van der Waals surface area contributed by atoms with Crippen molar-refractivity contribution in [1.29, 1.82) is 0 Å². The van der Waals surface area contributed by atoms with Crippen LogP contribution in [-0.2, 0) is 11.2 Å². The zero-order valence-electron chi connectivity index (χ0n) is 15.6. The van der Waals surface area contributed by atoms with Crippen molar-refractivity contribution in [3.63, 3.8) is 0 Å². The fourth-order valence-corrected chi connectivity index (χ4v) is 4.07. The van der Waals surface area contributed by atoms with Crippen LogP contribution in [-0.4, -0.2) is 81.9 Å². The number of aliphatic imine (C=N–C) groups is 1. The lowest BCUT2D eigenvalue weighted by Gasteiger charge is -2.26. The maximum absolute atomic E-state index is 5.37. The molecule has 2 aliphatic heterocycles. The molecule has 1 aromatic heterocycles. The minimum atomic E-state index is 0. The van der Waals surface area contributed by atoms with Gasteiger partial charge < -0.3 is 20.3 Å². The third-order valence-electron chi connectivity index (χ3n) is 4.64. The lowest BCUT2D eigenvalue weighted by Crippen LogP contribution is -2.44. The van der Waals surface area contributed by atoms with E-state index >= 15 is 0 Å². The normalized spacial score (nSPS) is 18.7. The van der Waals surface area contributed by atoms with Crippen LogP contribution in [0.2, 0.25) is 0 Å². The molecule has 2 aliphatic rings. The summed E-state index contributed by atoms with van der Waals surface area (Å²) in [5.74, 6) is 0.864. The number of morpholine rings is 1. The number of hydrogen-bond donors (Lipinski definition) is 2. The highest BCUT2D eigenvalue weighted by Gasteiger charge is 2.15. The van der Waals surface area contributed by atoms with Gasteiger partial charge in [-0.25, -0.2) is 4.98 Å². The fourth-order valence-electron chi connectivity index (χ4n) is 3.15. The number of halogens is 1. The SMILES string of the molecule is CN=C(NCCc1csc(N2CCCC2)n1)NCCN1CCOCC1.I. The smallest absolute Gasteiger partial charge is 0.191 e. The number of nitrogens with one attached hydrogen (secondary N) is 2. The molecule has 0 aliphatic carbocycles. The van der Waals surface area contributed by atoms with Gasteiger partial charge in [-0.1, -0.05) is 0 Å². The van der Waals surface area contributed by atoms with Gasteiger partial charge in [-0.15, -0.1) is 35.3 Å². The van der Waals surface area contributed by atoms with Gasteiger partial charge in [-0.2, -0.15) is 0 Å². The Morgan fingerprint density at radius 2 is 1.92 bits per heavy atom. The Hall–Kier alpha value is -0.650. The van der Waals surface area contributed by atoms with Crippen LogP contribution in [0, 0.1) is 0 Å². The molecule has 148 valence electrons. The van der Waals surface area contributed by atoms with Crippen molar-refractivity contribution in [3.8, 4) is 0 Å². The Morgan fingerprint density at radius 3 is 2.65 bits per heavy atom. The summed E-state index contributed by atoms with van der Waals surface area (Å²) in [6.45, 7) is 8.83. The van der Waals surface area contributed by atoms with E-state index in [-0.39, 0.29) is 24.0 Å². The summed E-state index contributed by atoms with van der Waals surface area (Å²) in [4.78, 5) is 13.9. The number of ether oxygens (including phenoxy) is 1. The molecule has 3 heterocycles. The second-order valence-electron chi connectivity index (χ2n) is 6.45. The summed E-state index contributed by atoms with van der Waals surface area (Å²) in [6, 6.07) is 0. The van der Waals surface area contributed by atoms with E-state index in [1.807, 2.05) is 7.05 Å². The average molecular weight is 494 g/mol. The number of aromatic nitrogens is 1. The largest absolute Gasteiger partial charge is 0.379 e. The van der Waals surface area contributed by atoms with Gasteiger partial charge in [-0.05, 0) is 12.8 Å². The highest BCUT2D eigenvalue weighted by atomic mass is 127. The molecule has 0 bridgehead atoms. The molecule has 7 nitrogen and oxygen atoms in total. The number of hydrogen-bond acceptors (Lipinski definition) is 6. The van der Waals surface area contributed by atoms with E-state index in [1.54, 1.807) is 11.3 Å². The summed E-state index contributed by atoms with van der Waals surface area (Å²) in [5.41, 5.74) is 1.17. The molecule has 0 atom stereocenters. The van der Waals surface area contributed by atoms with E-state index in [2.05, 4.69) is 30.8 Å². The maximum Gasteiger partial charge on any atom is 0.191 e. The molecule has 0 amide bonds. The van der Waals surface area contributed by atoms with Crippen LogP contribution in [0.1, 0.15) is 18.5 Å². The third-order valence-corrected chi connectivity index (χ3v) is 5.59. The van der Waals surface area contributed by atoms with Gasteiger partial charge in [-0.3, -0.25) is 9.89 Å². The highest BCUT2D eigenvalue weighted by Crippen LogP contribution is 2.24. The van der Waals surface area contributed by atoms with Gasteiger partial charge in [0, 0.05) is 64.7 Å². The van der Waals surface area contributed by atoms with Crippen LogP contribution < -0.4 is 15.5 Å². The molecule has 0 saturated carbocycles. The van der Waals surface area contributed by atoms with E-state index in [0.717, 1.165) is 71.4 Å². The molecule has 2 saturated heterocycles. The zero-order valence-corrected chi connectivity index (χ0v) is 18.7. The molecule has 0 spiro atoms. The molecule has 0 unspecified atom stereocenters. The Balaban J connectivity index is 0.00000243. The van der Waals surface area contributed by atoms with Crippen LogP contribution >= 0.6 is 35.3 Å². The first-order chi connectivity index (χ1) is 12.3. The number of rotatable bonds is 7. The lowest BCUT2D eigenvalue weighted by molar-refractivity contribution is 0.0389. The fraction of sp³-hybridized carbons (Fsp3) is 0.765. The van der Waals surface area contributed by atoms with Crippen molar-refractivity contribution >= 4 is 46.4 Å². The molecule has 0 aromatic carbocycles. The molecule has 0 radical (unpaired) electrons. The summed E-state index contributed by atoms with van der Waals surface area (Å²) >= 11 is 1.77. The third kappa shape index (κ3) is 6.82. The van der Waals surface area contributed by atoms with Crippen molar-refractivity contribution in [1.82, 2.24) is 20.5 Å². The van der Waals surface area contributed by atoms with E-state index in [1.165, 1.54) is 23.7 Å². The van der Waals surface area contributed by atoms with Gasteiger partial charge in [0.25, 0.3) is 0 Å². The molecular weight excluding hydrogens is 463 g/mol. The molecule has 9 heteroatoms. The monoisotopic (exact) mass is 494 g/mol. The second kappa shape index (κ2) is 11.9. The Kier molecular flexibility index (Phi) is 9.94. The number of anilines is 1. The molecule has 26 heavy (non-hydrogen) atoms. The van der Waals surface area contributed by atoms with Crippen LogP contribution in [0.25, 0.3) is 0 Å². The van der Waals surface area contributed by atoms with Crippen molar-refractivity contribution in [3.05, 3.63) is 11.1 Å². The Morgan fingerprint density at radius 1 is 1.19 bits per heavy atom. The predicted octanol–water partition coefficient (Wildman–Crippen LogP) is 1.40. The summed E-state index contributed by atoms with van der Waals surface area (Å²) in [5, 5.41) is 10.1. The van der Waals surface area contributed by atoms with Crippen molar-refractivity contribution in [2.24, 2.45) is 4.99 Å². The Labute approximate surface area is 177 Å². The van der Waals surface area contributed by atoms with Crippen molar-refractivity contribution < 1.29 is 4.74 Å². The average Bonchev–Trinajstić information content (AvgIpc) is 3.33. The van der Waals surface area contributed by atoms with Crippen LogP contribution in [0.5, 0.6) is 0 Å². The molecule has 3 rings (SSSR count). The molecule has 2 fully saturated rings. The topological polar surface area (TPSA) is 65.0 Å². The van der Waals surface area contributed by atoms with Crippen molar-refractivity contribution in [2.75, 3.05) is 71.0 Å². The van der Waals surface area contributed by atoms with Crippen LogP contribution in [0.3, 0.4) is 0 Å². The lowest BCUT2D eigenvalue weighted by atomic mass is 10.3. The molecule has 1 aromatic rings. The zero-order chi connectivity index (χ0) is 17.3. The maximum atomic E-state index is 5.37. The predicted molar refractivity (Wildman–Crippen MR) is 119 cm³/mol. The first kappa shape index (κ1) is 21.6. The van der Waals surface area contributed by atoms with Gasteiger partial charge in [0.2, 0.25) is 0 Å². The summed E-state index contributed by atoms with van der Waals surface area (Å²) in [7, 11) is 1.82. The van der Waals surface area contributed by atoms with E-state index in [4.69, 9.17) is 9.72 Å². The Bertz CT molecular complexity index is 543. The quantitative estimate of drug-likeness (QED) is 0.340. The minimum Gasteiger partial charge on any atom is -0.379 e. The van der Waals surface area contributed by atoms with E-state index in [0.29, 0.717) is 0 Å².